The minimum absolute atomic E-state index is 0.0924. The number of hydrogen-bond donors (Lipinski definition) is 1. The molecule has 0 saturated carbocycles. The molecular formula is C14H19N3O2. The average Bonchev–Trinajstić information content (AvgIpc) is 2.46. The minimum Gasteiger partial charge on any atom is -0.369 e. The van der Waals surface area contributed by atoms with Gasteiger partial charge < -0.3 is 10.6 Å². The number of piperidine rings is 1. The lowest BCUT2D eigenvalue weighted by Gasteiger charge is -2.31. The fourth-order valence-corrected chi connectivity index (χ4v) is 2.39. The topological polar surface area (TPSA) is 76.3 Å². The van der Waals surface area contributed by atoms with Crippen molar-refractivity contribution < 1.29 is 9.59 Å². The number of pyridine rings is 1. The molecule has 2 N–H and O–H groups in total. The summed E-state index contributed by atoms with van der Waals surface area (Å²) in [5.74, 6) is -0.393. The molecule has 1 aliphatic heterocycles. The molecule has 0 aliphatic carbocycles. The summed E-state index contributed by atoms with van der Waals surface area (Å²) in [4.78, 5) is 29.1. The number of nitrogens with zero attached hydrogens (tertiary/aromatic N) is 2. The average molecular weight is 261 g/mol. The van der Waals surface area contributed by atoms with E-state index >= 15 is 0 Å². The first-order chi connectivity index (χ1) is 9.16. The number of rotatable bonds is 4. The molecule has 1 aromatic heterocycles. The van der Waals surface area contributed by atoms with Crippen LogP contribution in [0, 0.1) is 5.92 Å². The molecule has 2 amide bonds. The zero-order valence-electron chi connectivity index (χ0n) is 10.9. The summed E-state index contributed by atoms with van der Waals surface area (Å²) < 4.78 is 0. The van der Waals surface area contributed by atoms with E-state index in [9.17, 15) is 9.59 Å². The molecule has 1 saturated heterocycles. The van der Waals surface area contributed by atoms with E-state index in [1.54, 1.807) is 17.3 Å². The predicted molar refractivity (Wildman–Crippen MR) is 71.1 cm³/mol. The van der Waals surface area contributed by atoms with Crippen LogP contribution in [0.2, 0.25) is 0 Å². The van der Waals surface area contributed by atoms with Gasteiger partial charge in [-0.25, -0.2) is 0 Å². The first kappa shape index (κ1) is 13.5. The van der Waals surface area contributed by atoms with Gasteiger partial charge >= 0.3 is 0 Å². The largest absolute Gasteiger partial charge is 0.369 e. The number of aryl methyl sites for hydroxylation is 1. The van der Waals surface area contributed by atoms with Crippen LogP contribution in [-0.2, 0) is 16.0 Å². The number of likely N-dealkylation sites (tertiary alicyclic amines) is 1. The van der Waals surface area contributed by atoms with Crippen molar-refractivity contribution in [2.75, 3.05) is 13.1 Å². The van der Waals surface area contributed by atoms with Crippen LogP contribution in [0.5, 0.6) is 0 Å². The lowest BCUT2D eigenvalue weighted by atomic mass is 9.97. The van der Waals surface area contributed by atoms with Gasteiger partial charge in [0.2, 0.25) is 11.8 Å². The Morgan fingerprint density at radius 2 is 2.32 bits per heavy atom. The summed E-state index contributed by atoms with van der Waals surface area (Å²) in [7, 11) is 0. The normalized spacial score (nSPS) is 19.2. The van der Waals surface area contributed by atoms with Crippen molar-refractivity contribution in [3.8, 4) is 0 Å². The van der Waals surface area contributed by atoms with Crippen LogP contribution in [0.15, 0.2) is 24.5 Å². The summed E-state index contributed by atoms with van der Waals surface area (Å²) in [6.45, 7) is 1.21. The first-order valence-corrected chi connectivity index (χ1v) is 6.63. The van der Waals surface area contributed by atoms with Gasteiger partial charge in [0.05, 0.1) is 5.92 Å². The lowest BCUT2D eigenvalue weighted by molar-refractivity contribution is -0.134. The third-order valence-electron chi connectivity index (χ3n) is 3.53. The van der Waals surface area contributed by atoms with Gasteiger partial charge in [0, 0.05) is 31.9 Å². The highest BCUT2D eigenvalue weighted by Gasteiger charge is 2.26. The second-order valence-corrected chi connectivity index (χ2v) is 4.94. The molecule has 5 heteroatoms. The number of primary amides is 1. The molecule has 0 aromatic carbocycles. The smallest absolute Gasteiger partial charge is 0.222 e. The van der Waals surface area contributed by atoms with E-state index in [-0.39, 0.29) is 17.7 Å². The van der Waals surface area contributed by atoms with E-state index in [0.717, 1.165) is 24.9 Å². The molecule has 1 unspecified atom stereocenters. The van der Waals surface area contributed by atoms with E-state index in [1.165, 1.54) is 0 Å². The van der Waals surface area contributed by atoms with Crippen molar-refractivity contribution in [1.82, 2.24) is 9.88 Å². The summed E-state index contributed by atoms with van der Waals surface area (Å²) in [5.41, 5.74) is 6.36. The van der Waals surface area contributed by atoms with Crippen LogP contribution < -0.4 is 5.73 Å². The number of aromatic nitrogens is 1. The molecule has 0 spiro atoms. The fourth-order valence-electron chi connectivity index (χ4n) is 2.39. The van der Waals surface area contributed by atoms with E-state index in [4.69, 9.17) is 5.73 Å². The van der Waals surface area contributed by atoms with Crippen LogP contribution in [0.3, 0.4) is 0 Å². The second kappa shape index (κ2) is 6.31. The Bertz CT molecular complexity index is 447. The quantitative estimate of drug-likeness (QED) is 0.868. The van der Waals surface area contributed by atoms with Crippen LogP contribution in [0.1, 0.15) is 24.8 Å². The maximum absolute atomic E-state index is 12.1. The first-order valence-electron chi connectivity index (χ1n) is 6.63. The van der Waals surface area contributed by atoms with Crippen LogP contribution in [0.4, 0.5) is 0 Å². The van der Waals surface area contributed by atoms with Crippen molar-refractivity contribution >= 4 is 11.8 Å². The number of carbonyl (C=O) groups is 2. The predicted octanol–water partition coefficient (Wildman–Crippen LogP) is 0.738. The summed E-state index contributed by atoms with van der Waals surface area (Å²) in [6, 6.07) is 3.83. The zero-order chi connectivity index (χ0) is 13.7. The number of hydrogen-bond acceptors (Lipinski definition) is 3. The number of nitrogens with two attached hydrogens (primary N) is 1. The van der Waals surface area contributed by atoms with E-state index in [1.807, 2.05) is 12.1 Å². The van der Waals surface area contributed by atoms with Gasteiger partial charge in [0.15, 0.2) is 0 Å². The van der Waals surface area contributed by atoms with E-state index < -0.39 is 0 Å². The van der Waals surface area contributed by atoms with E-state index in [2.05, 4.69) is 4.98 Å². The maximum Gasteiger partial charge on any atom is 0.222 e. The van der Waals surface area contributed by atoms with Gasteiger partial charge in [-0.1, -0.05) is 6.07 Å². The fraction of sp³-hybridized carbons (Fsp3) is 0.500. The molecule has 5 nitrogen and oxygen atoms in total. The highest BCUT2D eigenvalue weighted by Crippen LogP contribution is 2.17. The lowest BCUT2D eigenvalue weighted by Crippen LogP contribution is -2.44. The van der Waals surface area contributed by atoms with Gasteiger partial charge in [-0.2, -0.15) is 0 Å². The highest BCUT2D eigenvalue weighted by molar-refractivity contribution is 5.80. The molecule has 2 rings (SSSR count). The zero-order valence-corrected chi connectivity index (χ0v) is 10.9. The Labute approximate surface area is 112 Å². The maximum atomic E-state index is 12.1. The summed E-state index contributed by atoms with van der Waals surface area (Å²) in [6.07, 6.45) is 6.28. The molecule has 1 fully saturated rings. The van der Waals surface area contributed by atoms with Gasteiger partial charge in [-0.05, 0) is 30.9 Å². The molecule has 0 bridgehead atoms. The number of carbonyl (C=O) groups excluding carboxylic acids is 2. The SMILES string of the molecule is NC(=O)C1CCCN(C(=O)CCc2cccnc2)C1. The Morgan fingerprint density at radius 1 is 1.47 bits per heavy atom. The molecular weight excluding hydrogens is 242 g/mol. The highest BCUT2D eigenvalue weighted by atomic mass is 16.2. The summed E-state index contributed by atoms with van der Waals surface area (Å²) in [5, 5.41) is 0. The van der Waals surface area contributed by atoms with Crippen LogP contribution in [-0.4, -0.2) is 34.8 Å². The second-order valence-electron chi connectivity index (χ2n) is 4.94. The van der Waals surface area contributed by atoms with Gasteiger partial charge in [-0.15, -0.1) is 0 Å². The Kier molecular flexibility index (Phi) is 4.49. The molecule has 19 heavy (non-hydrogen) atoms. The third kappa shape index (κ3) is 3.77. The van der Waals surface area contributed by atoms with Gasteiger partial charge in [-0.3, -0.25) is 14.6 Å². The van der Waals surface area contributed by atoms with E-state index in [0.29, 0.717) is 19.4 Å². The Balaban J connectivity index is 1.84. The molecule has 0 radical (unpaired) electrons. The Morgan fingerprint density at radius 3 is 3.00 bits per heavy atom. The minimum atomic E-state index is -0.301. The number of amides is 2. The van der Waals surface area contributed by atoms with Crippen LogP contribution >= 0.6 is 0 Å². The van der Waals surface area contributed by atoms with Crippen molar-refractivity contribution in [3.05, 3.63) is 30.1 Å². The summed E-state index contributed by atoms with van der Waals surface area (Å²) >= 11 is 0. The van der Waals surface area contributed by atoms with Crippen LogP contribution in [0.25, 0.3) is 0 Å². The molecule has 1 atom stereocenters. The molecule has 1 aliphatic rings. The van der Waals surface area contributed by atoms with Gasteiger partial charge in [0.25, 0.3) is 0 Å². The molecule has 2 heterocycles. The Hall–Kier alpha value is -1.91. The van der Waals surface area contributed by atoms with Gasteiger partial charge in [0.1, 0.15) is 0 Å². The molecule has 102 valence electrons. The van der Waals surface area contributed by atoms with Crippen molar-refractivity contribution in [1.29, 1.82) is 0 Å². The third-order valence-corrected chi connectivity index (χ3v) is 3.53. The van der Waals surface area contributed by atoms with Crippen molar-refractivity contribution in [3.63, 3.8) is 0 Å². The standard InChI is InChI=1S/C14H19N3O2/c15-14(19)12-4-2-8-17(10-12)13(18)6-5-11-3-1-7-16-9-11/h1,3,7,9,12H,2,4-6,8,10H2,(H2,15,19). The molecule has 1 aromatic rings. The monoisotopic (exact) mass is 261 g/mol. The van der Waals surface area contributed by atoms with Crippen molar-refractivity contribution in [2.24, 2.45) is 11.7 Å². The van der Waals surface area contributed by atoms with Crippen molar-refractivity contribution in [2.45, 2.75) is 25.7 Å².